The SMILES string of the molecule is CCOC(=O)c1c(NC(=S)NC(=O)COc2ccc(CC)cc2Br)sc2c1CCCC2. The van der Waals surface area contributed by atoms with Crippen LogP contribution in [-0.2, 0) is 28.8 Å². The number of fused-ring (bicyclic) bond motifs is 1. The Labute approximate surface area is 199 Å². The summed E-state index contributed by atoms with van der Waals surface area (Å²) in [4.78, 5) is 26.0. The first-order chi connectivity index (χ1) is 14.9. The van der Waals surface area contributed by atoms with Gasteiger partial charge >= 0.3 is 5.97 Å². The van der Waals surface area contributed by atoms with Crippen LogP contribution in [0.2, 0.25) is 0 Å². The molecule has 0 saturated heterocycles. The van der Waals surface area contributed by atoms with E-state index in [1.165, 1.54) is 21.8 Å². The van der Waals surface area contributed by atoms with Gasteiger partial charge in [-0.05, 0) is 90.4 Å². The predicted molar refractivity (Wildman–Crippen MR) is 130 cm³/mol. The van der Waals surface area contributed by atoms with Crippen molar-refractivity contribution in [2.24, 2.45) is 0 Å². The van der Waals surface area contributed by atoms with Crippen molar-refractivity contribution in [1.82, 2.24) is 5.32 Å². The van der Waals surface area contributed by atoms with Crippen LogP contribution in [0.1, 0.15) is 53.1 Å². The average Bonchev–Trinajstić information content (AvgIpc) is 3.10. The quantitative estimate of drug-likeness (QED) is 0.391. The molecule has 1 amide bonds. The Morgan fingerprint density at radius 3 is 2.71 bits per heavy atom. The van der Waals surface area contributed by atoms with E-state index in [1.807, 2.05) is 18.2 Å². The third kappa shape index (κ3) is 6.05. The maximum absolute atomic E-state index is 12.5. The van der Waals surface area contributed by atoms with Gasteiger partial charge in [0.2, 0.25) is 0 Å². The topological polar surface area (TPSA) is 76.7 Å². The number of halogens is 1. The molecular weight excluding hydrogens is 500 g/mol. The monoisotopic (exact) mass is 524 g/mol. The highest BCUT2D eigenvalue weighted by atomic mass is 79.9. The molecule has 3 rings (SSSR count). The molecule has 1 heterocycles. The highest BCUT2D eigenvalue weighted by molar-refractivity contribution is 9.10. The molecule has 0 unspecified atom stereocenters. The number of hydrogen-bond acceptors (Lipinski definition) is 6. The molecule has 0 atom stereocenters. The molecule has 0 aliphatic heterocycles. The number of carbonyl (C=O) groups excluding carboxylic acids is 2. The van der Waals surface area contributed by atoms with Gasteiger partial charge in [0.1, 0.15) is 10.8 Å². The van der Waals surface area contributed by atoms with Crippen molar-refractivity contribution >= 4 is 61.5 Å². The van der Waals surface area contributed by atoms with E-state index in [9.17, 15) is 9.59 Å². The lowest BCUT2D eigenvalue weighted by molar-refractivity contribution is -0.121. The normalized spacial score (nSPS) is 12.6. The van der Waals surface area contributed by atoms with Gasteiger partial charge in [0, 0.05) is 4.88 Å². The molecule has 1 aliphatic carbocycles. The Morgan fingerprint density at radius 2 is 2.00 bits per heavy atom. The van der Waals surface area contributed by atoms with Crippen molar-refractivity contribution in [2.75, 3.05) is 18.5 Å². The van der Waals surface area contributed by atoms with Gasteiger partial charge in [-0.25, -0.2) is 4.79 Å². The summed E-state index contributed by atoms with van der Waals surface area (Å²) in [6.07, 6.45) is 4.84. The molecule has 2 N–H and O–H groups in total. The van der Waals surface area contributed by atoms with Crippen molar-refractivity contribution in [3.8, 4) is 5.75 Å². The first kappa shape index (κ1) is 23.7. The molecule has 6 nitrogen and oxygen atoms in total. The number of esters is 1. The van der Waals surface area contributed by atoms with Gasteiger partial charge in [-0.15, -0.1) is 11.3 Å². The third-order valence-corrected chi connectivity index (χ3v) is 6.93. The van der Waals surface area contributed by atoms with E-state index < -0.39 is 0 Å². The van der Waals surface area contributed by atoms with Crippen LogP contribution in [-0.4, -0.2) is 30.2 Å². The van der Waals surface area contributed by atoms with E-state index in [0.29, 0.717) is 22.9 Å². The van der Waals surface area contributed by atoms with E-state index in [4.69, 9.17) is 21.7 Å². The number of nitrogens with one attached hydrogen (secondary N) is 2. The lowest BCUT2D eigenvalue weighted by atomic mass is 9.95. The number of rotatable bonds is 7. The Balaban J connectivity index is 1.62. The van der Waals surface area contributed by atoms with Gasteiger partial charge in [-0.1, -0.05) is 13.0 Å². The zero-order valence-electron chi connectivity index (χ0n) is 17.5. The number of thiocarbonyl (C=S) groups is 1. The van der Waals surface area contributed by atoms with Crippen LogP contribution >= 0.6 is 39.5 Å². The van der Waals surface area contributed by atoms with Crippen molar-refractivity contribution in [3.05, 3.63) is 44.2 Å². The molecule has 166 valence electrons. The van der Waals surface area contributed by atoms with Crippen LogP contribution in [0.4, 0.5) is 5.00 Å². The van der Waals surface area contributed by atoms with Gasteiger partial charge < -0.3 is 14.8 Å². The van der Waals surface area contributed by atoms with Crippen LogP contribution in [0, 0.1) is 0 Å². The fraction of sp³-hybridized carbons (Fsp3) is 0.409. The van der Waals surface area contributed by atoms with E-state index >= 15 is 0 Å². The van der Waals surface area contributed by atoms with E-state index in [1.54, 1.807) is 6.92 Å². The smallest absolute Gasteiger partial charge is 0.341 e. The van der Waals surface area contributed by atoms with E-state index in [-0.39, 0.29) is 23.6 Å². The maximum atomic E-state index is 12.5. The zero-order chi connectivity index (χ0) is 22.4. The summed E-state index contributed by atoms with van der Waals surface area (Å²) in [5.41, 5.74) is 2.74. The van der Waals surface area contributed by atoms with Gasteiger partial charge in [0.25, 0.3) is 5.91 Å². The van der Waals surface area contributed by atoms with Crippen LogP contribution in [0.25, 0.3) is 0 Å². The van der Waals surface area contributed by atoms with Crippen molar-refractivity contribution in [3.63, 3.8) is 0 Å². The number of aryl methyl sites for hydroxylation is 2. The highest BCUT2D eigenvalue weighted by Gasteiger charge is 2.27. The van der Waals surface area contributed by atoms with E-state index in [0.717, 1.165) is 42.1 Å². The average molecular weight is 525 g/mol. The number of hydrogen-bond donors (Lipinski definition) is 2. The molecule has 0 saturated carbocycles. The van der Waals surface area contributed by atoms with Gasteiger partial charge in [-0.2, -0.15) is 0 Å². The lowest BCUT2D eigenvalue weighted by Crippen LogP contribution is -2.37. The Hall–Kier alpha value is -1.97. The molecular formula is C22H25BrN2O4S2. The second-order valence-electron chi connectivity index (χ2n) is 7.04. The number of anilines is 1. The third-order valence-electron chi connectivity index (χ3n) is 4.89. The number of benzene rings is 1. The highest BCUT2D eigenvalue weighted by Crippen LogP contribution is 2.38. The number of thiophene rings is 1. The minimum Gasteiger partial charge on any atom is -0.483 e. The predicted octanol–water partition coefficient (Wildman–Crippen LogP) is 5.02. The summed E-state index contributed by atoms with van der Waals surface area (Å²) in [6.45, 7) is 3.97. The Kier molecular flexibility index (Phi) is 8.45. The Bertz CT molecular complexity index is 990. The molecule has 2 aromatic rings. The van der Waals surface area contributed by atoms with E-state index in [2.05, 4.69) is 33.5 Å². The van der Waals surface area contributed by atoms with Gasteiger partial charge in [0.05, 0.1) is 16.6 Å². The fourth-order valence-corrected chi connectivity index (χ4v) is 5.50. The summed E-state index contributed by atoms with van der Waals surface area (Å²) < 4.78 is 11.6. The van der Waals surface area contributed by atoms with Crippen LogP contribution in [0.5, 0.6) is 5.75 Å². The molecule has 9 heteroatoms. The molecule has 0 spiro atoms. The fourth-order valence-electron chi connectivity index (χ4n) is 3.39. The molecule has 31 heavy (non-hydrogen) atoms. The number of ether oxygens (including phenoxy) is 2. The van der Waals surface area contributed by atoms with Crippen molar-refractivity contribution in [1.29, 1.82) is 0 Å². The largest absolute Gasteiger partial charge is 0.483 e. The molecule has 1 aromatic carbocycles. The molecule has 0 fully saturated rings. The van der Waals surface area contributed by atoms with Crippen LogP contribution in [0.3, 0.4) is 0 Å². The second-order valence-corrected chi connectivity index (χ2v) is 9.41. The number of carbonyl (C=O) groups is 2. The molecule has 1 aliphatic rings. The summed E-state index contributed by atoms with van der Waals surface area (Å²) in [5.74, 6) is -0.160. The maximum Gasteiger partial charge on any atom is 0.341 e. The standard InChI is InChI=1S/C22H25BrN2O4S2/c1-3-13-9-10-16(15(23)11-13)29-12-18(26)24-22(30)25-20-19(21(27)28-4-2)14-7-5-6-8-17(14)31-20/h9-11H,3-8,12H2,1-2H3,(H2,24,25,26,30). The van der Waals surface area contributed by atoms with Crippen LogP contribution in [0.15, 0.2) is 22.7 Å². The minimum atomic E-state index is -0.386. The summed E-state index contributed by atoms with van der Waals surface area (Å²) >= 11 is 10.3. The first-order valence-corrected chi connectivity index (χ1v) is 12.3. The molecule has 0 radical (unpaired) electrons. The first-order valence-electron chi connectivity index (χ1n) is 10.3. The second kappa shape index (κ2) is 11.1. The Morgan fingerprint density at radius 1 is 1.23 bits per heavy atom. The summed E-state index contributed by atoms with van der Waals surface area (Å²) in [6, 6.07) is 5.75. The van der Waals surface area contributed by atoms with Crippen LogP contribution < -0.4 is 15.4 Å². The zero-order valence-corrected chi connectivity index (χ0v) is 20.7. The summed E-state index contributed by atoms with van der Waals surface area (Å²) in [5, 5.41) is 6.37. The lowest BCUT2D eigenvalue weighted by Gasteiger charge is -2.13. The van der Waals surface area contributed by atoms with Crippen molar-refractivity contribution < 1.29 is 19.1 Å². The minimum absolute atomic E-state index is 0.123. The van der Waals surface area contributed by atoms with Gasteiger partial charge in [0.15, 0.2) is 11.7 Å². The molecule has 0 bridgehead atoms. The van der Waals surface area contributed by atoms with Crippen molar-refractivity contribution in [2.45, 2.75) is 46.0 Å². The number of amides is 1. The molecule has 1 aromatic heterocycles. The van der Waals surface area contributed by atoms with Gasteiger partial charge in [-0.3, -0.25) is 10.1 Å². The summed E-state index contributed by atoms with van der Waals surface area (Å²) in [7, 11) is 0.